The number of rotatable bonds is 4. The van der Waals surface area contributed by atoms with E-state index in [1.807, 2.05) is 18.2 Å². The highest BCUT2D eigenvalue weighted by molar-refractivity contribution is 7.93. The Morgan fingerprint density at radius 2 is 1.86 bits per heavy atom. The predicted octanol–water partition coefficient (Wildman–Crippen LogP) is 2.30. The van der Waals surface area contributed by atoms with Crippen molar-refractivity contribution in [3.05, 3.63) is 60.0 Å². The van der Waals surface area contributed by atoms with Gasteiger partial charge in [-0.05, 0) is 5.56 Å². The average molecular weight is 208 g/mol. The Morgan fingerprint density at radius 1 is 1.21 bits per heavy atom. The highest BCUT2D eigenvalue weighted by Crippen LogP contribution is 2.06. The summed E-state index contributed by atoms with van der Waals surface area (Å²) in [6.45, 7) is 3.42. The van der Waals surface area contributed by atoms with Crippen LogP contribution in [0.5, 0.6) is 0 Å². The highest BCUT2D eigenvalue weighted by atomic mass is 32.2. The number of hydrogen-bond acceptors (Lipinski definition) is 2. The number of benzene rings is 1. The fraction of sp³-hybridized carbons (Fsp3) is 0.0909. The molecule has 2 nitrogen and oxygen atoms in total. The van der Waals surface area contributed by atoms with Gasteiger partial charge in [-0.1, -0.05) is 49.1 Å². The van der Waals surface area contributed by atoms with Gasteiger partial charge in [-0.15, -0.1) is 0 Å². The summed E-state index contributed by atoms with van der Waals surface area (Å²) < 4.78 is 22.8. The Bertz CT molecular complexity index is 416. The maximum absolute atomic E-state index is 11.4. The second-order valence-electron chi connectivity index (χ2n) is 2.86. The van der Waals surface area contributed by atoms with E-state index in [0.29, 0.717) is 0 Å². The van der Waals surface area contributed by atoms with Crippen LogP contribution >= 0.6 is 0 Å². The molecule has 1 rings (SSSR count). The molecule has 1 aromatic carbocycles. The number of sulfone groups is 1. The maximum atomic E-state index is 11.4. The lowest BCUT2D eigenvalue weighted by Gasteiger charge is -1.98. The lowest BCUT2D eigenvalue weighted by molar-refractivity contribution is 0.604. The Morgan fingerprint density at radius 3 is 2.43 bits per heavy atom. The molecule has 0 fully saturated rings. The fourth-order valence-corrected chi connectivity index (χ4v) is 2.13. The molecule has 0 saturated heterocycles. The molecule has 0 bridgehead atoms. The molecular formula is C11H12O2S. The third-order valence-electron chi connectivity index (χ3n) is 1.63. The maximum Gasteiger partial charge on any atom is 0.175 e. The monoisotopic (exact) mass is 208 g/mol. The van der Waals surface area contributed by atoms with Crippen molar-refractivity contribution in [2.75, 3.05) is 0 Å². The van der Waals surface area contributed by atoms with Crippen LogP contribution < -0.4 is 0 Å². The molecule has 0 heterocycles. The van der Waals surface area contributed by atoms with Gasteiger partial charge in [0.15, 0.2) is 9.84 Å². The smallest absolute Gasteiger partial charge is 0.175 e. The summed E-state index contributed by atoms with van der Waals surface area (Å²) in [6.07, 6.45) is 2.88. The summed E-state index contributed by atoms with van der Waals surface area (Å²) in [4.78, 5) is 0. The van der Waals surface area contributed by atoms with Crippen LogP contribution in [-0.2, 0) is 15.6 Å². The molecule has 0 saturated carbocycles. The van der Waals surface area contributed by atoms with Gasteiger partial charge in [0, 0.05) is 5.41 Å². The molecular weight excluding hydrogens is 196 g/mol. The molecule has 0 aromatic heterocycles. The molecule has 0 spiro atoms. The molecule has 74 valence electrons. The third kappa shape index (κ3) is 3.58. The molecule has 0 aliphatic carbocycles. The topological polar surface area (TPSA) is 34.1 Å². The highest BCUT2D eigenvalue weighted by Gasteiger charge is 2.05. The predicted molar refractivity (Wildman–Crippen MR) is 58.4 cm³/mol. The summed E-state index contributed by atoms with van der Waals surface area (Å²) >= 11 is 0. The van der Waals surface area contributed by atoms with Crippen LogP contribution in [0.3, 0.4) is 0 Å². The first-order valence-electron chi connectivity index (χ1n) is 4.20. The Kier molecular flexibility index (Phi) is 3.65. The molecule has 0 radical (unpaired) electrons. The lowest BCUT2D eigenvalue weighted by Crippen LogP contribution is -1.99. The van der Waals surface area contributed by atoms with Gasteiger partial charge >= 0.3 is 0 Å². The first-order chi connectivity index (χ1) is 6.64. The van der Waals surface area contributed by atoms with Crippen molar-refractivity contribution in [1.82, 2.24) is 0 Å². The lowest BCUT2D eigenvalue weighted by atomic mass is 10.2. The third-order valence-corrected chi connectivity index (χ3v) is 2.94. The Labute approximate surface area is 84.5 Å². The Hall–Kier alpha value is -1.35. The van der Waals surface area contributed by atoms with Crippen molar-refractivity contribution in [2.45, 2.75) is 5.75 Å². The van der Waals surface area contributed by atoms with E-state index in [1.54, 1.807) is 12.1 Å². The molecule has 0 amide bonds. The number of hydrogen-bond donors (Lipinski definition) is 0. The van der Waals surface area contributed by atoms with Crippen LogP contribution in [0.4, 0.5) is 0 Å². The minimum absolute atomic E-state index is 0.0399. The number of allylic oxidation sites excluding steroid dienone is 2. The zero-order chi connectivity index (χ0) is 10.4. The molecule has 0 aliphatic heterocycles. The van der Waals surface area contributed by atoms with E-state index in [0.717, 1.165) is 5.56 Å². The van der Waals surface area contributed by atoms with Gasteiger partial charge in [0.1, 0.15) is 0 Å². The minimum Gasteiger partial charge on any atom is -0.224 e. The van der Waals surface area contributed by atoms with Gasteiger partial charge in [0.05, 0.1) is 5.75 Å². The molecule has 0 N–H and O–H groups in total. The van der Waals surface area contributed by atoms with Gasteiger partial charge in [-0.2, -0.15) is 0 Å². The van der Waals surface area contributed by atoms with Gasteiger partial charge in [-0.3, -0.25) is 0 Å². The zero-order valence-corrected chi connectivity index (χ0v) is 8.57. The molecule has 0 atom stereocenters. The van der Waals surface area contributed by atoms with Crippen molar-refractivity contribution < 1.29 is 8.42 Å². The van der Waals surface area contributed by atoms with Gasteiger partial charge in [-0.25, -0.2) is 8.42 Å². The van der Waals surface area contributed by atoms with Crippen LogP contribution in [0.2, 0.25) is 0 Å². The van der Waals surface area contributed by atoms with Gasteiger partial charge < -0.3 is 0 Å². The SMILES string of the molecule is C=C/C=C/S(=O)(=O)Cc1ccccc1. The van der Waals surface area contributed by atoms with Crippen molar-refractivity contribution in [1.29, 1.82) is 0 Å². The average Bonchev–Trinajstić information content (AvgIpc) is 2.16. The molecule has 1 aromatic rings. The quantitative estimate of drug-likeness (QED) is 0.711. The minimum atomic E-state index is -3.15. The van der Waals surface area contributed by atoms with E-state index >= 15 is 0 Å². The molecule has 14 heavy (non-hydrogen) atoms. The van der Waals surface area contributed by atoms with E-state index in [9.17, 15) is 8.42 Å². The first-order valence-corrected chi connectivity index (χ1v) is 5.91. The summed E-state index contributed by atoms with van der Waals surface area (Å²) in [5.41, 5.74) is 0.793. The zero-order valence-electron chi connectivity index (χ0n) is 7.76. The fourth-order valence-electron chi connectivity index (χ4n) is 1.03. The largest absolute Gasteiger partial charge is 0.224 e. The van der Waals surface area contributed by atoms with Crippen LogP contribution in [0.1, 0.15) is 5.56 Å². The summed E-state index contributed by atoms with van der Waals surface area (Å²) in [5, 5.41) is 1.17. The van der Waals surface area contributed by atoms with Crippen LogP contribution in [0, 0.1) is 0 Å². The summed E-state index contributed by atoms with van der Waals surface area (Å²) in [7, 11) is -3.15. The van der Waals surface area contributed by atoms with E-state index in [1.165, 1.54) is 17.6 Å². The van der Waals surface area contributed by atoms with E-state index in [-0.39, 0.29) is 5.75 Å². The van der Waals surface area contributed by atoms with E-state index in [2.05, 4.69) is 6.58 Å². The first kappa shape index (κ1) is 10.7. The standard InChI is InChI=1S/C11H12O2S/c1-2-3-9-14(12,13)10-11-7-5-4-6-8-11/h2-9H,1,10H2/b9-3+. The Balaban J connectivity index is 2.79. The second-order valence-corrected chi connectivity index (χ2v) is 4.74. The van der Waals surface area contributed by atoms with Crippen molar-refractivity contribution in [3.63, 3.8) is 0 Å². The summed E-state index contributed by atoms with van der Waals surface area (Å²) in [5.74, 6) is 0.0399. The normalized spacial score (nSPS) is 11.7. The van der Waals surface area contributed by atoms with Gasteiger partial charge in [0.2, 0.25) is 0 Å². The molecule has 0 unspecified atom stereocenters. The molecule has 3 heteroatoms. The van der Waals surface area contributed by atoms with E-state index in [4.69, 9.17) is 0 Å². The van der Waals surface area contributed by atoms with Crippen LogP contribution in [0.15, 0.2) is 54.5 Å². The second kappa shape index (κ2) is 4.77. The van der Waals surface area contributed by atoms with Gasteiger partial charge in [0.25, 0.3) is 0 Å². The van der Waals surface area contributed by atoms with Crippen molar-refractivity contribution in [2.24, 2.45) is 0 Å². The summed E-state index contributed by atoms with van der Waals surface area (Å²) in [6, 6.07) is 9.08. The van der Waals surface area contributed by atoms with Crippen molar-refractivity contribution >= 4 is 9.84 Å². The van der Waals surface area contributed by atoms with E-state index < -0.39 is 9.84 Å². The molecule has 0 aliphatic rings. The van der Waals surface area contributed by atoms with Crippen LogP contribution in [-0.4, -0.2) is 8.42 Å². The van der Waals surface area contributed by atoms with Crippen LogP contribution in [0.25, 0.3) is 0 Å². The van der Waals surface area contributed by atoms with Crippen molar-refractivity contribution in [3.8, 4) is 0 Å².